The first kappa shape index (κ1) is 18.6. The Labute approximate surface area is 156 Å². The van der Waals surface area contributed by atoms with E-state index in [9.17, 15) is 14.4 Å². The third kappa shape index (κ3) is 4.13. The number of hydrogen-bond donors (Lipinski definition) is 1. The minimum Gasteiger partial charge on any atom is -0.452 e. The molecule has 0 aliphatic carbocycles. The predicted octanol–water partition coefficient (Wildman–Crippen LogP) is 0.456. The Morgan fingerprint density at radius 1 is 1.26 bits per heavy atom. The maximum Gasteiger partial charge on any atom is 0.342 e. The highest BCUT2D eigenvalue weighted by Crippen LogP contribution is 2.17. The van der Waals surface area contributed by atoms with Gasteiger partial charge in [-0.1, -0.05) is 6.07 Å². The predicted molar refractivity (Wildman–Crippen MR) is 94.9 cm³/mol. The van der Waals surface area contributed by atoms with Crippen LogP contribution in [0.4, 0.5) is 0 Å². The second kappa shape index (κ2) is 7.98. The molecule has 2 aromatic heterocycles. The van der Waals surface area contributed by atoms with Gasteiger partial charge in [0.15, 0.2) is 12.4 Å². The summed E-state index contributed by atoms with van der Waals surface area (Å²) in [7, 11) is 0. The van der Waals surface area contributed by atoms with Crippen LogP contribution in [0.15, 0.2) is 30.6 Å². The van der Waals surface area contributed by atoms with Crippen LogP contribution in [-0.4, -0.2) is 57.1 Å². The van der Waals surface area contributed by atoms with Crippen molar-refractivity contribution in [2.24, 2.45) is 11.7 Å². The number of amides is 2. The molecule has 2 amide bonds. The van der Waals surface area contributed by atoms with Crippen molar-refractivity contribution < 1.29 is 19.1 Å². The van der Waals surface area contributed by atoms with Crippen LogP contribution in [0.2, 0.25) is 0 Å². The van der Waals surface area contributed by atoms with Crippen molar-refractivity contribution in [3.05, 3.63) is 41.9 Å². The van der Waals surface area contributed by atoms with Gasteiger partial charge in [0.25, 0.3) is 5.91 Å². The maximum atomic E-state index is 12.3. The van der Waals surface area contributed by atoms with Crippen molar-refractivity contribution in [3.8, 4) is 5.82 Å². The molecule has 3 heterocycles. The second-order valence-electron chi connectivity index (χ2n) is 6.38. The lowest BCUT2D eigenvalue weighted by molar-refractivity contribution is -0.137. The molecule has 1 aliphatic rings. The highest BCUT2D eigenvalue weighted by Gasteiger charge is 2.26. The quantitative estimate of drug-likeness (QED) is 0.762. The lowest BCUT2D eigenvalue weighted by Gasteiger charge is -2.30. The number of piperidine rings is 1. The van der Waals surface area contributed by atoms with Gasteiger partial charge >= 0.3 is 5.97 Å². The van der Waals surface area contributed by atoms with Crippen LogP contribution in [0, 0.1) is 12.8 Å². The van der Waals surface area contributed by atoms with Gasteiger partial charge in [0.2, 0.25) is 5.91 Å². The van der Waals surface area contributed by atoms with Crippen LogP contribution in [-0.2, 0) is 14.3 Å². The molecular formula is C18H21N5O4. The number of pyridine rings is 1. The highest BCUT2D eigenvalue weighted by molar-refractivity contribution is 5.92. The SMILES string of the molecule is Cc1c(C(=O)OCC(=O)N2CCC(C(N)=O)CC2)cnn1-c1ccccn1. The number of carbonyl (C=O) groups is 3. The van der Waals surface area contributed by atoms with Gasteiger partial charge in [-0.25, -0.2) is 14.5 Å². The van der Waals surface area contributed by atoms with Gasteiger partial charge in [-0.15, -0.1) is 0 Å². The van der Waals surface area contributed by atoms with E-state index in [-0.39, 0.29) is 29.9 Å². The zero-order chi connectivity index (χ0) is 19.4. The Balaban J connectivity index is 1.56. The van der Waals surface area contributed by atoms with E-state index in [1.807, 2.05) is 6.07 Å². The lowest BCUT2D eigenvalue weighted by atomic mass is 9.96. The van der Waals surface area contributed by atoms with Crippen molar-refractivity contribution >= 4 is 17.8 Å². The van der Waals surface area contributed by atoms with E-state index in [1.54, 1.807) is 30.2 Å². The number of rotatable bonds is 5. The van der Waals surface area contributed by atoms with Crippen molar-refractivity contribution in [3.63, 3.8) is 0 Å². The fourth-order valence-electron chi connectivity index (χ4n) is 3.03. The maximum absolute atomic E-state index is 12.3. The molecular weight excluding hydrogens is 350 g/mol. The van der Waals surface area contributed by atoms with E-state index in [0.29, 0.717) is 37.4 Å². The number of hydrogen-bond acceptors (Lipinski definition) is 6. The van der Waals surface area contributed by atoms with Gasteiger partial charge in [0.1, 0.15) is 5.56 Å². The fraction of sp³-hybridized carbons (Fsp3) is 0.389. The second-order valence-corrected chi connectivity index (χ2v) is 6.38. The number of nitrogens with two attached hydrogens (primary N) is 1. The average molecular weight is 371 g/mol. The molecule has 1 aliphatic heterocycles. The summed E-state index contributed by atoms with van der Waals surface area (Å²) in [6, 6.07) is 5.38. The van der Waals surface area contributed by atoms with Gasteiger partial charge < -0.3 is 15.4 Å². The monoisotopic (exact) mass is 371 g/mol. The Morgan fingerprint density at radius 2 is 2.00 bits per heavy atom. The molecule has 3 rings (SSSR count). The number of nitrogens with zero attached hydrogens (tertiary/aromatic N) is 4. The molecule has 9 heteroatoms. The van der Waals surface area contributed by atoms with E-state index in [2.05, 4.69) is 10.1 Å². The third-order valence-corrected chi connectivity index (χ3v) is 4.67. The van der Waals surface area contributed by atoms with Crippen molar-refractivity contribution in [2.75, 3.05) is 19.7 Å². The molecule has 0 bridgehead atoms. The summed E-state index contributed by atoms with van der Waals surface area (Å²) in [5, 5.41) is 4.16. The summed E-state index contributed by atoms with van der Waals surface area (Å²) in [5.41, 5.74) is 6.14. The van der Waals surface area contributed by atoms with E-state index in [4.69, 9.17) is 10.5 Å². The standard InChI is InChI=1S/C18H21N5O4/c1-12-14(10-21-23(12)15-4-2-3-7-20-15)18(26)27-11-16(24)22-8-5-13(6-9-22)17(19)25/h2-4,7,10,13H,5-6,8-9,11H2,1H3,(H2,19,25). The van der Waals surface area contributed by atoms with E-state index >= 15 is 0 Å². The summed E-state index contributed by atoms with van der Waals surface area (Å²) in [4.78, 5) is 41.5. The number of carbonyl (C=O) groups excluding carboxylic acids is 3. The molecule has 2 N–H and O–H groups in total. The van der Waals surface area contributed by atoms with Gasteiger partial charge in [-0.3, -0.25) is 9.59 Å². The van der Waals surface area contributed by atoms with Gasteiger partial charge in [-0.05, 0) is 31.9 Å². The van der Waals surface area contributed by atoms with Gasteiger partial charge in [0.05, 0.1) is 11.9 Å². The Kier molecular flexibility index (Phi) is 5.49. The van der Waals surface area contributed by atoms with Crippen molar-refractivity contribution in [1.82, 2.24) is 19.7 Å². The van der Waals surface area contributed by atoms with Crippen LogP contribution in [0.3, 0.4) is 0 Å². The number of aromatic nitrogens is 3. The van der Waals surface area contributed by atoms with E-state index < -0.39 is 5.97 Å². The average Bonchev–Trinajstić information content (AvgIpc) is 3.08. The first-order chi connectivity index (χ1) is 13.0. The van der Waals surface area contributed by atoms with Crippen molar-refractivity contribution in [1.29, 1.82) is 0 Å². The normalized spacial score (nSPS) is 14.8. The molecule has 0 aromatic carbocycles. The van der Waals surface area contributed by atoms with Crippen LogP contribution in [0.5, 0.6) is 0 Å². The Bertz CT molecular complexity index is 841. The molecule has 1 fully saturated rings. The van der Waals surface area contributed by atoms with Crippen molar-refractivity contribution in [2.45, 2.75) is 19.8 Å². The number of esters is 1. The number of likely N-dealkylation sites (tertiary alicyclic amines) is 1. The summed E-state index contributed by atoms with van der Waals surface area (Å²) in [6.07, 6.45) is 4.10. The van der Waals surface area contributed by atoms with Crippen LogP contribution < -0.4 is 5.73 Å². The summed E-state index contributed by atoms with van der Waals surface area (Å²) in [5.74, 6) is -0.857. The first-order valence-electron chi connectivity index (χ1n) is 8.67. The molecule has 0 radical (unpaired) electrons. The number of primary amides is 1. The minimum absolute atomic E-state index is 0.198. The number of ether oxygens (including phenoxy) is 1. The molecule has 0 unspecified atom stereocenters. The molecule has 142 valence electrons. The van der Waals surface area contributed by atoms with Gasteiger partial charge in [0, 0.05) is 25.2 Å². The molecule has 2 aromatic rings. The Hall–Kier alpha value is -3.23. The zero-order valence-electron chi connectivity index (χ0n) is 15.0. The van der Waals surface area contributed by atoms with Crippen LogP contribution in [0.1, 0.15) is 28.9 Å². The van der Waals surface area contributed by atoms with E-state index in [0.717, 1.165) is 0 Å². The summed E-state index contributed by atoms with van der Waals surface area (Å²) >= 11 is 0. The Morgan fingerprint density at radius 3 is 2.63 bits per heavy atom. The highest BCUT2D eigenvalue weighted by atomic mass is 16.5. The van der Waals surface area contributed by atoms with Gasteiger partial charge in [-0.2, -0.15) is 5.10 Å². The largest absolute Gasteiger partial charge is 0.452 e. The minimum atomic E-state index is -0.616. The first-order valence-corrected chi connectivity index (χ1v) is 8.67. The fourth-order valence-corrected chi connectivity index (χ4v) is 3.03. The molecule has 0 saturated carbocycles. The molecule has 9 nitrogen and oxygen atoms in total. The van der Waals surface area contributed by atoms with Crippen LogP contribution >= 0.6 is 0 Å². The lowest BCUT2D eigenvalue weighted by Crippen LogP contribution is -2.43. The third-order valence-electron chi connectivity index (χ3n) is 4.67. The molecule has 1 saturated heterocycles. The van der Waals surface area contributed by atoms with Crippen LogP contribution in [0.25, 0.3) is 5.82 Å². The summed E-state index contributed by atoms with van der Waals surface area (Å²) in [6.45, 7) is 2.24. The molecule has 0 spiro atoms. The molecule has 0 atom stereocenters. The van der Waals surface area contributed by atoms with E-state index in [1.165, 1.54) is 10.9 Å². The zero-order valence-corrected chi connectivity index (χ0v) is 15.0. The summed E-state index contributed by atoms with van der Waals surface area (Å²) < 4.78 is 6.69. The molecule has 27 heavy (non-hydrogen) atoms. The topological polar surface area (TPSA) is 120 Å². The smallest absolute Gasteiger partial charge is 0.342 e.